The van der Waals surface area contributed by atoms with Crippen LogP contribution in [0.25, 0.3) is 0 Å². The van der Waals surface area contributed by atoms with Crippen molar-refractivity contribution < 1.29 is 18.9 Å². The third-order valence-electron chi connectivity index (χ3n) is 5.26. The average Bonchev–Trinajstić information content (AvgIpc) is 3.20. The highest BCUT2D eigenvalue weighted by Gasteiger charge is 2.56. The molecule has 2 saturated heterocycles. The van der Waals surface area contributed by atoms with E-state index in [1.54, 1.807) is 0 Å². The minimum absolute atomic E-state index is 0.0865. The van der Waals surface area contributed by atoms with Gasteiger partial charge < -0.3 is 18.9 Å². The Hall–Kier alpha value is -0.910. The van der Waals surface area contributed by atoms with E-state index < -0.39 is 5.79 Å². The maximum atomic E-state index is 6.34. The Labute approximate surface area is 161 Å². The van der Waals surface area contributed by atoms with E-state index in [0.717, 1.165) is 24.0 Å². The summed E-state index contributed by atoms with van der Waals surface area (Å²) in [5.41, 5.74) is 2.10. The van der Waals surface area contributed by atoms with E-state index in [1.807, 2.05) is 18.2 Å². The zero-order valence-corrected chi connectivity index (χ0v) is 16.4. The van der Waals surface area contributed by atoms with Crippen molar-refractivity contribution in [2.45, 2.75) is 69.9 Å². The van der Waals surface area contributed by atoms with Gasteiger partial charge in [-0.05, 0) is 24.8 Å². The third-order valence-corrected chi connectivity index (χ3v) is 5.64. The lowest BCUT2D eigenvalue weighted by atomic mass is 10.0. The molecule has 4 nitrogen and oxygen atoms in total. The predicted octanol–water partition coefficient (Wildman–Crippen LogP) is 4.46. The number of benzene rings is 1. The standard InChI is InChI=1S/C21H29ClO4/c1-4-21(5-2)25-19-17(11-15(3)12-22)24-18(20(19)26-21)14-23-13-16-9-7-6-8-10-16/h6-10,17-20H,3-5,11-14H2,1-2H3/t17-,18+,19-,20+/m0/s1. The molecule has 26 heavy (non-hydrogen) atoms. The highest BCUT2D eigenvalue weighted by atomic mass is 35.5. The van der Waals surface area contributed by atoms with Crippen LogP contribution >= 0.6 is 11.6 Å². The molecule has 4 atom stereocenters. The van der Waals surface area contributed by atoms with Crippen LogP contribution in [0, 0.1) is 0 Å². The minimum atomic E-state index is -0.517. The normalized spacial score (nSPS) is 29.7. The molecule has 0 spiro atoms. The smallest absolute Gasteiger partial charge is 0.169 e. The van der Waals surface area contributed by atoms with Crippen LogP contribution in [0.4, 0.5) is 0 Å². The molecule has 0 unspecified atom stereocenters. The Bertz CT molecular complexity index is 587. The molecule has 1 aromatic rings. The number of hydrogen-bond acceptors (Lipinski definition) is 4. The quantitative estimate of drug-likeness (QED) is 0.468. The number of halogens is 1. The molecule has 0 saturated carbocycles. The van der Waals surface area contributed by atoms with Gasteiger partial charge in [0.2, 0.25) is 0 Å². The largest absolute Gasteiger partial charge is 0.374 e. The van der Waals surface area contributed by atoms with Crippen molar-refractivity contribution in [2.24, 2.45) is 0 Å². The second-order valence-corrected chi connectivity index (χ2v) is 7.35. The number of alkyl halides is 1. The summed E-state index contributed by atoms with van der Waals surface area (Å²) in [5.74, 6) is -0.0860. The Morgan fingerprint density at radius 2 is 1.77 bits per heavy atom. The van der Waals surface area contributed by atoms with Gasteiger partial charge in [-0.3, -0.25) is 0 Å². The van der Waals surface area contributed by atoms with E-state index in [0.29, 0.717) is 25.5 Å². The Morgan fingerprint density at radius 1 is 1.12 bits per heavy atom. The van der Waals surface area contributed by atoms with E-state index in [2.05, 4.69) is 32.6 Å². The van der Waals surface area contributed by atoms with E-state index >= 15 is 0 Å². The van der Waals surface area contributed by atoms with Crippen LogP contribution in [-0.2, 0) is 25.6 Å². The van der Waals surface area contributed by atoms with E-state index in [4.69, 9.17) is 30.5 Å². The summed E-state index contributed by atoms with van der Waals surface area (Å²) < 4.78 is 24.8. The fourth-order valence-electron chi connectivity index (χ4n) is 3.70. The van der Waals surface area contributed by atoms with Crippen LogP contribution < -0.4 is 0 Å². The summed E-state index contributed by atoms with van der Waals surface area (Å²) in [6, 6.07) is 10.1. The Kier molecular flexibility index (Phi) is 6.76. The molecule has 0 radical (unpaired) electrons. The van der Waals surface area contributed by atoms with Gasteiger partial charge in [0.05, 0.1) is 19.3 Å². The van der Waals surface area contributed by atoms with Crippen molar-refractivity contribution in [1.29, 1.82) is 0 Å². The van der Waals surface area contributed by atoms with E-state index in [9.17, 15) is 0 Å². The molecule has 2 fully saturated rings. The molecule has 5 heteroatoms. The van der Waals surface area contributed by atoms with Crippen LogP contribution in [-0.4, -0.2) is 42.7 Å². The lowest BCUT2D eigenvalue weighted by Gasteiger charge is -2.29. The number of rotatable bonds is 9. The summed E-state index contributed by atoms with van der Waals surface area (Å²) in [6.07, 6.45) is 1.88. The highest BCUT2D eigenvalue weighted by molar-refractivity contribution is 6.19. The lowest BCUT2D eigenvalue weighted by Crippen LogP contribution is -2.35. The predicted molar refractivity (Wildman–Crippen MR) is 102 cm³/mol. The van der Waals surface area contributed by atoms with Crippen LogP contribution in [0.5, 0.6) is 0 Å². The molecular weight excluding hydrogens is 352 g/mol. The van der Waals surface area contributed by atoms with Crippen LogP contribution in [0.1, 0.15) is 38.7 Å². The number of ether oxygens (including phenoxy) is 4. The summed E-state index contributed by atoms with van der Waals surface area (Å²) in [5, 5.41) is 0. The van der Waals surface area contributed by atoms with Gasteiger partial charge in [-0.25, -0.2) is 0 Å². The molecule has 2 heterocycles. The van der Waals surface area contributed by atoms with Gasteiger partial charge in [0.1, 0.15) is 18.3 Å². The SMILES string of the molecule is C=C(CCl)C[C@@H]1O[C@H](COCc2ccccc2)[C@H]2OC(CC)(CC)O[C@H]21. The highest BCUT2D eigenvalue weighted by Crippen LogP contribution is 2.43. The average molecular weight is 381 g/mol. The first-order valence-corrected chi connectivity index (χ1v) is 9.99. The molecule has 1 aromatic carbocycles. The van der Waals surface area contributed by atoms with Gasteiger partial charge in [0.25, 0.3) is 0 Å². The maximum absolute atomic E-state index is 6.34. The fourth-order valence-corrected chi connectivity index (χ4v) is 3.81. The van der Waals surface area contributed by atoms with Crippen molar-refractivity contribution in [3.8, 4) is 0 Å². The topological polar surface area (TPSA) is 36.9 Å². The lowest BCUT2D eigenvalue weighted by molar-refractivity contribution is -0.216. The van der Waals surface area contributed by atoms with Crippen LogP contribution in [0.15, 0.2) is 42.5 Å². The number of fused-ring (bicyclic) bond motifs is 1. The first-order valence-electron chi connectivity index (χ1n) is 9.46. The fraction of sp³-hybridized carbons (Fsp3) is 0.619. The van der Waals surface area contributed by atoms with Gasteiger partial charge >= 0.3 is 0 Å². The molecule has 0 aliphatic carbocycles. The molecule has 144 valence electrons. The van der Waals surface area contributed by atoms with E-state index in [-0.39, 0.29) is 24.4 Å². The molecule has 0 bridgehead atoms. The van der Waals surface area contributed by atoms with Crippen molar-refractivity contribution in [1.82, 2.24) is 0 Å². The summed E-state index contributed by atoms with van der Waals surface area (Å²) in [7, 11) is 0. The molecule has 0 aromatic heterocycles. The van der Waals surface area contributed by atoms with Crippen LogP contribution in [0.2, 0.25) is 0 Å². The van der Waals surface area contributed by atoms with Gasteiger partial charge in [-0.15, -0.1) is 11.6 Å². The maximum Gasteiger partial charge on any atom is 0.169 e. The molecule has 0 N–H and O–H groups in total. The summed E-state index contributed by atoms with van der Waals surface area (Å²) in [6.45, 7) is 9.25. The minimum Gasteiger partial charge on any atom is -0.374 e. The first-order chi connectivity index (χ1) is 12.6. The summed E-state index contributed by atoms with van der Waals surface area (Å²) in [4.78, 5) is 0. The molecular formula is C21H29ClO4. The molecule has 0 amide bonds. The van der Waals surface area contributed by atoms with Gasteiger partial charge in [-0.2, -0.15) is 0 Å². The zero-order valence-electron chi connectivity index (χ0n) is 15.7. The monoisotopic (exact) mass is 380 g/mol. The Balaban J connectivity index is 1.64. The number of hydrogen-bond donors (Lipinski definition) is 0. The van der Waals surface area contributed by atoms with Crippen LogP contribution in [0.3, 0.4) is 0 Å². The van der Waals surface area contributed by atoms with E-state index in [1.165, 1.54) is 0 Å². The van der Waals surface area contributed by atoms with Gasteiger partial charge in [0.15, 0.2) is 5.79 Å². The molecule has 3 rings (SSSR count). The summed E-state index contributed by atoms with van der Waals surface area (Å²) >= 11 is 5.92. The van der Waals surface area contributed by atoms with Crippen molar-refractivity contribution in [2.75, 3.05) is 12.5 Å². The first kappa shape index (κ1) is 19.8. The zero-order chi connectivity index (χ0) is 18.6. The van der Waals surface area contributed by atoms with Gasteiger partial charge in [-0.1, -0.05) is 56.3 Å². The second-order valence-electron chi connectivity index (χ2n) is 7.08. The van der Waals surface area contributed by atoms with Crippen molar-refractivity contribution in [3.05, 3.63) is 48.0 Å². The Morgan fingerprint density at radius 3 is 2.38 bits per heavy atom. The van der Waals surface area contributed by atoms with Gasteiger partial charge in [0, 0.05) is 5.88 Å². The third kappa shape index (κ3) is 4.32. The van der Waals surface area contributed by atoms with Crippen molar-refractivity contribution in [3.63, 3.8) is 0 Å². The molecule has 2 aliphatic heterocycles. The second kappa shape index (κ2) is 8.85. The van der Waals surface area contributed by atoms with Crippen molar-refractivity contribution >= 4 is 11.6 Å². The molecule has 2 aliphatic rings.